The molecule has 1 amide bonds. The molecule has 0 aliphatic carbocycles. The number of nitrogens with one attached hydrogen (secondary N) is 1. The van der Waals surface area contributed by atoms with E-state index in [0.29, 0.717) is 5.33 Å². The average Bonchev–Trinajstić information content (AvgIpc) is 2.86. The summed E-state index contributed by atoms with van der Waals surface area (Å²) in [6.45, 7) is 0.257. The molecule has 0 radical (unpaired) electrons. The number of rotatable bonds is 10. The summed E-state index contributed by atoms with van der Waals surface area (Å²) in [6, 6.07) is 24.1. The van der Waals surface area contributed by atoms with E-state index < -0.39 is 23.9 Å². The van der Waals surface area contributed by atoms with Crippen LogP contribution in [0.5, 0.6) is 0 Å². The molecule has 6 nitrogen and oxygen atoms in total. The molecule has 0 heterocycles. The first-order chi connectivity index (χ1) is 16.1. The van der Waals surface area contributed by atoms with Gasteiger partial charge in [0.2, 0.25) is 0 Å². The van der Waals surface area contributed by atoms with Crippen molar-refractivity contribution >= 4 is 33.8 Å². The van der Waals surface area contributed by atoms with Crippen LogP contribution in [0.25, 0.3) is 0 Å². The fourth-order valence-electron chi connectivity index (χ4n) is 3.24. The number of carbonyl (C=O) groups is 3. The van der Waals surface area contributed by atoms with Crippen molar-refractivity contribution in [3.05, 3.63) is 107 Å². The molecule has 170 valence electrons. The van der Waals surface area contributed by atoms with Gasteiger partial charge in [0.25, 0.3) is 0 Å². The van der Waals surface area contributed by atoms with Gasteiger partial charge in [-0.05, 0) is 17.2 Å². The third-order valence-corrected chi connectivity index (χ3v) is 5.15. The number of esters is 1. The van der Waals surface area contributed by atoms with Crippen LogP contribution in [0, 0.1) is 0 Å². The smallest absolute Gasteiger partial charge is 0.408 e. The Hall–Kier alpha value is -3.45. The van der Waals surface area contributed by atoms with Crippen molar-refractivity contribution in [2.45, 2.75) is 19.1 Å². The van der Waals surface area contributed by atoms with Gasteiger partial charge in [0.1, 0.15) is 13.2 Å². The van der Waals surface area contributed by atoms with Gasteiger partial charge >= 0.3 is 12.1 Å². The second kappa shape index (κ2) is 12.6. The van der Waals surface area contributed by atoms with Gasteiger partial charge in [0.05, 0.1) is 11.6 Å². The van der Waals surface area contributed by atoms with Crippen LogP contribution in [0.15, 0.2) is 84.9 Å². The van der Waals surface area contributed by atoms with E-state index >= 15 is 0 Å². The van der Waals surface area contributed by atoms with E-state index in [2.05, 4.69) is 21.2 Å². The zero-order valence-corrected chi connectivity index (χ0v) is 19.5. The van der Waals surface area contributed by atoms with Crippen molar-refractivity contribution in [1.29, 1.82) is 0 Å². The highest BCUT2D eigenvalue weighted by atomic mass is 79.9. The highest BCUT2D eigenvalue weighted by molar-refractivity contribution is 9.09. The molecule has 0 saturated heterocycles. The van der Waals surface area contributed by atoms with E-state index in [9.17, 15) is 14.4 Å². The second-order valence-electron chi connectivity index (χ2n) is 7.18. The van der Waals surface area contributed by atoms with Crippen LogP contribution >= 0.6 is 15.9 Å². The van der Waals surface area contributed by atoms with E-state index in [0.717, 1.165) is 11.1 Å². The number of carbonyl (C=O) groups excluding carboxylic acids is 3. The number of alkyl halides is 1. The third kappa shape index (κ3) is 7.29. The predicted octanol–water partition coefficient (Wildman–Crippen LogP) is 4.96. The third-order valence-electron chi connectivity index (χ3n) is 4.83. The fraction of sp³-hybridized carbons (Fsp3) is 0.192. The Kier molecular flexibility index (Phi) is 9.20. The topological polar surface area (TPSA) is 81.7 Å². The normalized spacial score (nSPS) is 11.3. The summed E-state index contributed by atoms with van der Waals surface area (Å²) >= 11 is 3.21. The van der Waals surface area contributed by atoms with Crippen LogP contribution < -0.4 is 5.32 Å². The molecule has 0 spiro atoms. The lowest BCUT2D eigenvalue weighted by molar-refractivity contribution is 0.0527. The quantitative estimate of drug-likeness (QED) is 0.237. The van der Waals surface area contributed by atoms with Crippen molar-refractivity contribution in [2.24, 2.45) is 0 Å². The highest BCUT2D eigenvalue weighted by Crippen LogP contribution is 2.16. The molecular weight excluding hydrogens is 486 g/mol. The first kappa shape index (κ1) is 24.2. The van der Waals surface area contributed by atoms with Crippen molar-refractivity contribution in [3.8, 4) is 0 Å². The Labute approximate surface area is 201 Å². The lowest BCUT2D eigenvalue weighted by Crippen LogP contribution is -2.43. The molecule has 0 aliphatic rings. The summed E-state index contributed by atoms with van der Waals surface area (Å²) < 4.78 is 10.5. The number of halogens is 1. The molecule has 0 unspecified atom stereocenters. The number of ether oxygens (including phenoxy) is 2. The molecule has 0 aliphatic heterocycles. The van der Waals surface area contributed by atoms with Crippen LogP contribution in [0.3, 0.4) is 0 Å². The zero-order chi connectivity index (χ0) is 23.5. The van der Waals surface area contributed by atoms with Crippen LogP contribution in [0.1, 0.15) is 31.8 Å². The number of hydrogen-bond donors (Lipinski definition) is 1. The number of Topliss-reactive ketones (excluding diaryl/α,β-unsaturated/α-hetero) is 1. The van der Waals surface area contributed by atoms with Crippen molar-refractivity contribution in [1.82, 2.24) is 5.32 Å². The monoisotopic (exact) mass is 509 g/mol. The lowest BCUT2D eigenvalue weighted by atomic mass is 9.94. The maximum absolute atomic E-state index is 13.5. The molecule has 7 heteroatoms. The number of alkyl carbamates (subject to hydrolysis) is 1. The van der Waals surface area contributed by atoms with Crippen molar-refractivity contribution in [3.63, 3.8) is 0 Å². The molecule has 0 saturated carbocycles. The summed E-state index contributed by atoms with van der Waals surface area (Å²) in [5, 5.41) is 3.16. The van der Waals surface area contributed by atoms with E-state index in [1.54, 1.807) is 18.2 Å². The molecule has 1 atom stereocenters. The Morgan fingerprint density at radius 2 is 1.33 bits per heavy atom. The SMILES string of the molecule is O=C(N[C@@H](Cc1ccccc1)C(=O)c1ccccc1C(=O)OCCBr)OCc1ccccc1. The predicted molar refractivity (Wildman–Crippen MR) is 129 cm³/mol. The van der Waals surface area contributed by atoms with Crippen LogP contribution in [-0.4, -0.2) is 35.8 Å². The van der Waals surface area contributed by atoms with Crippen LogP contribution in [0.4, 0.5) is 4.79 Å². The van der Waals surface area contributed by atoms with Crippen LogP contribution in [-0.2, 0) is 22.5 Å². The highest BCUT2D eigenvalue weighted by Gasteiger charge is 2.27. The number of benzene rings is 3. The Balaban J connectivity index is 1.79. The van der Waals surface area contributed by atoms with Crippen LogP contribution in [0.2, 0.25) is 0 Å². The molecule has 0 aromatic heterocycles. The van der Waals surface area contributed by atoms with Gasteiger partial charge in [-0.2, -0.15) is 0 Å². The summed E-state index contributed by atoms with van der Waals surface area (Å²) in [7, 11) is 0. The Morgan fingerprint density at radius 1 is 0.758 bits per heavy atom. The number of hydrogen-bond acceptors (Lipinski definition) is 5. The maximum atomic E-state index is 13.5. The minimum atomic E-state index is -0.930. The van der Waals surface area contributed by atoms with E-state index in [1.807, 2.05) is 60.7 Å². The molecular formula is C26H24BrNO5. The molecule has 3 aromatic carbocycles. The number of ketones is 1. The molecule has 0 fully saturated rings. The van der Waals surface area contributed by atoms with Gasteiger partial charge in [0, 0.05) is 17.3 Å². The Bertz CT molecular complexity index is 1070. The van der Waals surface area contributed by atoms with E-state index in [4.69, 9.17) is 9.47 Å². The minimum Gasteiger partial charge on any atom is -0.461 e. The summed E-state index contributed by atoms with van der Waals surface area (Å²) in [6.07, 6.45) is -0.474. The van der Waals surface area contributed by atoms with Gasteiger partial charge in [-0.25, -0.2) is 9.59 Å². The molecule has 3 aromatic rings. The standard InChI is InChI=1S/C26H24BrNO5/c27-15-16-32-25(30)22-14-8-7-13-21(22)24(29)23(17-19-9-3-1-4-10-19)28-26(31)33-18-20-11-5-2-6-12-20/h1-14,23H,15-18H2,(H,28,31)/t23-/m0/s1. The number of amides is 1. The first-order valence-electron chi connectivity index (χ1n) is 10.5. The van der Waals surface area contributed by atoms with Gasteiger partial charge in [-0.3, -0.25) is 4.79 Å². The average molecular weight is 510 g/mol. The summed E-state index contributed by atoms with van der Waals surface area (Å²) in [5.41, 5.74) is 2.03. The zero-order valence-electron chi connectivity index (χ0n) is 17.9. The van der Waals surface area contributed by atoms with Gasteiger partial charge < -0.3 is 14.8 Å². The molecule has 33 heavy (non-hydrogen) atoms. The van der Waals surface area contributed by atoms with Crippen molar-refractivity contribution in [2.75, 3.05) is 11.9 Å². The minimum absolute atomic E-state index is 0.0778. The van der Waals surface area contributed by atoms with Gasteiger partial charge in [-0.15, -0.1) is 0 Å². The van der Waals surface area contributed by atoms with Gasteiger partial charge in [0.15, 0.2) is 5.78 Å². The summed E-state index contributed by atoms with van der Waals surface area (Å²) in [5.74, 6) is -0.995. The fourth-order valence-corrected chi connectivity index (χ4v) is 3.40. The second-order valence-corrected chi connectivity index (χ2v) is 7.98. The molecule has 0 bridgehead atoms. The summed E-state index contributed by atoms with van der Waals surface area (Å²) in [4.78, 5) is 38.5. The molecule has 3 rings (SSSR count). The maximum Gasteiger partial charge on any atom is 0.408 e. The Morgan fingerprint density at radius 3 is 1.97 bits per heavy atom. The largest absolute Gasteiger partial charge is 0.461 e. The van der Waals surface area contributed by atoms with E-state index in [1.165, 1.54) is 6.07 Å². The van der Waals surface area contributed by atoms with E-state index in [-0.39, 0.29) is 30.8 Å². The lowest BCUT2D eigenvalue weighted by Gasteiger charge is -2.19. The molecule has 1 N–H and O–H groups in total. The van der Waals surface area contributed by atoms with Crippen molar-refractivity contribution < 1.29 is 23.9 Å². The first-order valence-corrected chi connectivity index (χ1v) is 11.6. The van der Waals surface area contributed by atoms with Gasteiger partial charge in [-0.1, -0.05) is 94.8 Å².